The van der Waals surface area contributed by atoms with Crippen molar-refractivity contribution in [2.45, 2.75) is 18.6 Å². The average molecular weight is 348 g/mol. The molecule has 0 unspecified atom stereocenters. The second-order valence-corrected chi connectivity index (χ2v) is 8.19. The van der Waals surface area contributed by atoms with E-state index in [-0.39, 0.29) is 5.72 Å². The number of amidine groups is 1. The molecule has 1 aromatic carbocycles. The van der Waals surface area contributed by atoms with Crippen molar-refractivity contribution < 1.29 is 4.84 Å². The molecule has 0 N–H and O–H groups in total. The lowest BCUT2D eigenvalue weighted by Gasteiger charge is -2.52. The fourth-order valence-corrected chi connectivity index (χ4v) is 5.63. The van der Waals surface area contributed by atoms with Crippen LogP contribution in [0.2, 0.25) is 5.02 Å². The van der Waals surface area contributed by atoms with E-state index in [9.17, 15) is 0 Å². The van der Waals surface area contributed by atoms with Crippen molar-refractivity contribution in [3.63, 3.8) is 0 Å². The second kappa shape index (κ2) is 4.85. The number of benzene rings is 1. The third kappa shape index (κ3) is 1.90. The highest BCUT2D eigenvalue weighted by Gasteiger charge is 2.56. The maximum atomic E-state index is 6.33. The van der Waals surface area contributed by atoms with Crippen LogP contribution in [-0.2, 0) is 4.84 Å². The summed E-state index contributed by atoms with van der Waals surface area (Å²) in [5.41, 5.74) is -0.272. The summed E-state index contributed by atoms with van der Waals surface area (Å²) in [6, 6.07) is 8.20. The number of hydrogen-bond acceptors (Lipinski definition) is 5. The van der Waals surface area contributed by atoms with Crippen LogP contribution in [0.5, 0.6) is 0 Å². The Morgan fingerprint density at radius 3 is 2.87 bits per heavy atom. The van der Waals surface area contributed by atoms with Crippen LogP contribution in [0.25, 0.3) is 10.1 Å². The van der Waals surface area contributed by atoms with Gasteiger partial charge in [0.05, 0.1) is 21.1 Å². The SMILES string of the molecule is CN1C(c2cc3cccc(Cl)c3s2)=NO[C@]12CN1CCC2CC1. The minimum atomic E-state index is -0.272. The molecule has 120 valence electrons. The summed E-state index contributed by atoms with van der Waals surface area (Å²) in [5, 5.41) is 6.46. The first-order valence-corrected chi connectivity index (χ1v) is 9.28. The smallest absolute Gasteiger partial charge is 0.226 e. The predicted molar refractivity (Wildman–Crippen MR) is 94.1 cm³/mol. The number of halogens is 1. The first kappa shape index (κ1) is 14.1. The van der Waals surface area contributed by atoms with E-state index in [0.717, 1.165) is 27.0 Å². The Morgan fingerprint density at radius 2 is 2.17 bits per heavy atom. The largest absolute Gasteiger partial charge is 0.363 e. The first-order chi connectivity index (χ1) is 11.2. The Morgan fingerprint density at radius 1 is 1.35 bits per heavy atom. The van der Waals surface area contributed by atoms with Gasteiger partial charge in [-0.3, -0.25) is 4.90 Å². The molecule has 4 aliphatic heterocycles. The standard InChI is InChI=1S/C17H18ClN3OS/c1-20-16(14-9-11-3-2-4-13(18)15(11)23-14)19-22-17(20)10-21-7-5-12(17)6-8-21/h2-4,9,12H,5-8,10H2,1H3/t17-/m0/s1. The molecule has 6 rings (SSSR count). The van der Waals surface area contributed by atoms with E-state index in [1.165, 1.54) is 31.3 Å². The van der Waals surface area contributed by atoms with Crippen molar-refractivity contribution in [3.05, 3.63) is 34.2 Å². The lowest BCUT2D eigenvalue weighted by molar-refractivity contribution is -0.190. The summed E-state index contributed by atoms with van der Waals surface area (Å²) in [6.07, 6.45) is 2.40. The fraction of sp³-hybridized carbons (Fsp3) is 0.471. The van der Waals surface area contributed by atoms with Gasteiger partial charge >= 0.3 is 0 Å². The molecule has 1 atom stereocenters. The number of oxime groups is 1. The van der Waals surface area contributed by atoms with E-state index in [1.54, 1.807) is 11.3 Å². The lowest BCUT2D eigenvalue weighted by Crippen LogP contribution is -2.65. The zero-order chi connectivity index (χ0) is 15.6. The van der Waals surface area contributed by atoms with Gasteiger partial charge in [0.1, 0.15) is 0 Å². The monoisotopic (exact) mass is 347 g/mol. The number of piperidine rings is 3. The molecule has 0 radical (unpaired) electrons. The molecule has 0 amide bonds. The van der Waals surface area contributed by atoms with Crippen molar-refractivity contribution in [2.75, 3.05) is 26.7 Å². The molecule has 0 saturated carbocycles. The van der Waals surface area contributed by atoms with Crippen LogP contribution < -0.4 is 0 Å². The molecule has 1 spiro atoms. The fourth-order valence-electron chi connectivity index (χ4n) is 4.25. The summed E-state index contributed by atoms with van der Waals surface area (Å²) in [5.74, 6) is 1.51. The van der Waals surface area contributed by atoms with E-state index in [4.69, 9.17) is 16.4 Å². The minimum Gasteiger partial charge on any atom is -0.363 e. The molecule has 3 saturated heterocycles. The molecular formula is C17H18ClN3OS. The molecule has 23 heavy (non-hydrogen) atoms. The quantitative estimate of drug-likeness (QED) is 0.789. The van der Waals surface area contributed by atoms with Gasteiger partial charge < -0.3 is 9.74 Å². The number of rotatable bonds is 1. The summed E-state index contributed by atoms with van der Waals surface area (Å²) >= 11 is 8.02. The van der Waals surface area contributed by atoms with E-state index < -0.39 is 0 Å². The van der Waals surface area contributed by atoms with Gasteiger partial charge in [0, 0.05) is 13.0 Å². The third-order valence-electron chi connectivity index (χ3n) is 5.57. The molecule has 2 aromatic rings. The average Bonchev–Trinajstić information content (AvgIpc) is 3.13. The number of hydrogen-bond donors (Lipinski definition) is 0. The van der Waals surface area contributed by atoms with Crippen LogP contribution >= 0.6 is 22.9 Å². The first-order valence-electron chi connectivity index (χ1n) is 8.08. The maximum Gasteiger partial charge on any atom is 0.226 e. The van der Waals surface area contributed by atoms with Crippen LogP contribution in [0.4, 0.5) is 0 Å². The maximum absolute atomic E-state index is 6.33. The van der Waals surface area contributed by atoms with E-state index in [1.807, 2.05) is 12.1 Å². The molecule has 4 nitrogen and oxygen atoms in total. The summed E-state index contributed by atoms with van der Waals surface area (Å²) < 4.78 is 1.12. The Bertz CT molecular complexity index is 811. The zero-order valence-corrected chi connectivity index (χ0v) is 14.5. The number of thiophene rings is 1. The van der Waals surface area contributed by atoms with Crippen molar-refractivity contribution in [1.29, 1.82) is 0 Å². The van der Waals surface area contributed by atoms with Crippen molar-refractivity contribution in [1.82, 2.24) is 9.80 Å². The highest BCUT2D eigenvalue weighted by atomic mass is 35.5. The molecule has 3 fully saturated rings. The predicted octanol–water partition coefficient (Wildman–Crippen LogP) is 3.60. The number of nitrogens with zero attached hydrogens (tertiary/aromatic N) is 3. The van der Waals surface area contributed by atoms with Crippen LogP contribution in [0.3, 0.4) is 0 Å². The molecule has 0 aliphatic carbocycles. The van der Waals surface area contributed by atoms with Crippen LogP contribution in [-0.4, -0.2) is 48.0 Å². The third-order valence-corrected chi connectivity index (χ3v) is 7.17. The summed E-state index contributed by atoms with van der Waals surface area (Å²) in [7, 11) is 2.12. The number of likely N-dealkylation sites (N-methyl/N-ethyl adjacent to an activating group) is 1. The van der Waals surface area contributed by atoms with Gasteiger partial charge in [0.2, 0.25) is 5.72 Å². The van der Waals surface area contributed by atoms with Crippen LogP contribution in [0, 0.1) is 5.92 Å². The van der Waals surface area contributed by atoms with Gasteiger partial charge in [0.15, 0.2) is 5.84 Å². The van der Waals surface area contributed by atoms with Crippen LogP contribution in [0.1, 0.15) is 17.7 Å². The van der Waals surface area contributed by atoms with Gasteiger partial charge in [-0.15, -0.1) is 11.3 Å². The highest BCUT2D eigenvalue weighted by molar-refractivity contribution is 7.21. The molecule has 5 heterocycles. The Balaban J connectivity index is 1.53. The van der Waals surface area contributed by atoms with Gasteiger partial charge in [-0.1, -0.05) is 28.9 Å². The zero-order valence-electron chi connectivity index (χ0n) is 13.0. The lowest BCUT2D eigenvalue weighted by atomic mass is 9.80. The minimum absolute atomic E-state index is 0.272. The molecule has 1 aromatic heterocycles. The Labute approximate surface area is 144 Å². The highest BCUT2D eigenvalue weighted by Crippen LogP contribution is 2.44. The van der Waals surface area contributed by atoms with E-state index >= 15 is 0 Å². The summed E-state index contributed by atoms with van der Waals surface area (Å²) in [6.45, 7) is 3.34. The van der Waals surface area contributed by atoms with E-state index in [0.29, 0.717) is 5.92 Å². The Hall–Kier alpha value is -1.30. The second-order valence-electron chi connectivity index (χ2n) is 6.73. The Kier molecular flexibility index (Phi) is 2.97. The van der Waals surface area contributed by atoms with Crippen molar-refractivity contribution >= 4 is 38.9 Å². The van der Waals surface area contributed by atoms with Gasteiger partial charge in [0.25, 0.3) is 0 Å². The summed E-state index contributed by atoms with van der Waals surface area (Å²) in [4.78, 5) is 12.0. The molecule has 6 heteroatoms. The van der Waals surface area contributed by atoms with Crippen molar-refractivity contribution in [3.8, 4) is 0 Å². The number of fused-ring (bicyclic) bond motifs is 3. The van der Waals surface area contributed by atoms with Gasteiger partial charge in [-0.05, 0) is 43.5 Å². The van der Waals surface area contributed by atoms with Crippen molar-refractivity contribution in [2.24, 2.45) is 11.1 Å². The molecular weight excluding hydrogens is 330 g/mol. The van der Waals surface area contributed by atoms with Crippen LogP contribution in [0.15, 0.2) is 29.4 Å². The molecule has 2 bridgehead atoms. The normalized spacial score (nSPS) is 32.6. The topological polar surface area (TPSA) is 28.1 Å². The van der Waals surface area contributed by atoms with Gasteiger partial charge in [-0.25, -0.2) is 0 Å². The van der Waals surface area contributed by atoms with Gasteiger partial charge in [-0.2, -0.15) is 0 Å². The van der Waals surface area contributed by atoms with E-state index in [2.05, 4.69) is 34.1 Å². The molecule has 4 aliphatic rings.